The minimum absolute atomic E-state index is 0.170. The number of pyridine rings is 1. The van der Waals surface area contributed by atoms with Gasteiger partial charge in [0.25, 0.3) is 0 Å². The number of nitrogens with one attached hydrogen (secondary N) is 2. The van der Waals surface area contributed by atoms with E-state index in [1.807, 2.05) is 54.6 Å². The van der Waals surface area contributed by atoms with Gasteiger partial charge in [-0.2, -0.15) is 0 Å². The maximum Gasteiger partial charge on any atom is 0.249 e. The third-order valence-electron chi connectivity index (χ3n) is 6.30. The van der Waals surface area contributed by atoms with Crippen LogP contribution in [0.1, 0.15) is 22.4 Å². The monoisotopic (exact) mass is 435 g/mol. The summed E-state index contributed by atoms with van der Waals surface area (Å²) in [7, 11) is 0. The summed E-state index contributed by atoms with van der Waals surface area (Å²) in [5, 5.41) is 13.0. The molecule has 0 amide bonds. The van der Waals surface area contributed by atoms with E-state index in [1.54, 1.807) is 18.6 Å². The van der Waals surface area contributed by atoms with Gasteiger partial charge in [-0.3, -0.25) is 4.79 Å². The van der Waals surface area contributed by atoms with Crippen molar-refractivity contribution in [3.63, 3.8) is 0 Å². The molecular formula is C27H21N3O3. The molecule has 1 aliphatic rings. The maximum absolute atomic E-state index is 12.4. The standard InChI is InChI=1S/C27H21N3O3/c31-26-14-22-18-4-1-3-17(11-18)9-10-33-21-6-2-5-19(12-21)27(32,25-15-28-16-29-25)20-7-8-24(30-26)23(22)13-20/h1-8,11-16,32H,9-10H2,(H,28,29)(H,30,31). The second-order valence-corrected chi connectivity index (χ2v) is 8.31. The minimum Gasteiger partial charge on any atom is -0.493 e. The molecule has 3 aromatic carbocycles. The van der Waals surface area contributed by atoms with Gasteiger partial charge in [0, 0.05) is 23.4 Å². The first-order chi connectivity index (χ1) is 16.1. The average Bonchev–Trinajstić information content (AvgIpc) is 3.38. The van der Waals surface area contributed by atoms with E-state index >= 15 is 0 Å². The number of aromatic amines is 2. The summed E-state index contributed by atoms with van der Waals surface area (Å²) in [6, 6.07) is 22.9. The highest BCUT2D eigenvalue weighted by Gasteiger charge is 2.36. The predicted molar refractivity (Wildman–Crippen MR) is 126 cm³/mol. The van der Waals surface area contributed by atoms with Gasteiger partial charge in [0.15, 0.2) is 5.60 Å². The van der Waals surface area contributed by atoms with Crippen LogP contribution in [0.15, 0.2) is 90.1 Å². The molecule has 6 bridgehead atoms. The summed E-state index contributed by atoms with van der Waals surface area (Å²) in [5.41, 5.74) is 3.78. The average molecular weight is 435 g/mol. The molecule has 6 nitrogen and oxygen atoms in total. The zero-order valence-corrected chi connectivity index (χ0v) is 17.7. The first-order valence-corrected chi connectivity index (χ1v) is 10.8. The number of benzene rings is 3. The molecule has 0 spiro atoms. The molecule has 0 fully saturated rings. The number of nitrogens with zero attached hydrogens (tertiary/aromatic N) is 1. The highest BCUT2D eigenvalue weighted by atomic mass is 16.5. The van der Waals surface area contributed by atoms with Crippen LogP contribution in [-0.4, -0.2) is 26.7 Å². The molecule has 5 aromatic rings. The van der Waals surface area contributed by atoms with Gasteiger partial charge < -0.3 is 19.8 Å². The van der Waals surface area contributed by atoms with Crippen LogP contribution in [0.2, 0.25) is 0 Å². The zero-order chi connectivity index (χ0) is 22.4. The second-order valence-electron chi connectivity index (χ2n) is 8.31. The van der Waals surface area contributed by atoms with E-state index in [4.69, 9.17) is 4.74 Å². The lowest BCUT2D eigenvalue weighted by molar-refractivity contribution is 0.121. The van der Waals surface area contributed by atoms with Crippen molar-refractivity contribution in [2.24, 2.45) is 0 Å². The number of rotatable bonds is 1. The van der Waals surface area contributed by atoms with E-state index in [0.717, 1.165) is 28.5 Å². The van der Waals surface area contributed by atoms with Crippen molar-refractivity contribution in [3.05, 3.63) is 118 Å². The smallest absolute Gasteiger partial charge is 0.249 e. The van der Waals surface area contributed by atoms with Gasteiger partial charge >= 0.3 is 0 Å². The number of fused-ring (bicyclic) bond motifs is 6. The molecule has 2 aromatic heterocycles. The molecule has 6 rings (SSSR count). The fourth-order valence-electron chi connectivity index (χ4n) is 4.64. The summed E-state index contributed by atoms with van der Waals surface area (Å²) in [6.45, 7) is 0.492. The summed E-state index contributed by atoms with van der Waals surface area (Å²) in [6.07, 6.45) is 3.89. The number of aliphatic hydroxyl groups is 1. The highest BCUT2D eigenvalue weighted by Crippen LogP contribution is 2.39. The van der Waals surface area contributed by atoms with Crippen molar-refractivity contribution >= 4 is 10.9 Å². The fourth-order valence-corrected chi connectivity index (χ4v) is 4.64. The van der Waals surface area contributed by atoms with Gasteiger partial charge in [-0.1, -0.05) is 42.5 Å². The summed E-state index contributed by atoms with van der Waals surface area (Å²) in [4.78, 5) is 22.6. The van der Waals surface area contributed by atoms with Crippen molar-refractivity contribution in [1.82, 2.24) is 15.0 Å². The Morgan fingerprint density at radius 3 is 2.73 bits per heavy atom. The lowest BCUT2D eigenvalue weighted by atomic mass is 9.82. The van der Waals surface area contributed by atoms with Crippen LogP contribution in [0.5, 0.6) is 5.75 Å². The Kier molecular flexibility index (Phi) is 4.41. The highest BCUT2D eigenvalue weighted by molar-refractivity contribution is 5.95. The Labute approximate surface area is 189 Å². The zero-order valence-electron chi connectivity index (χ0n) is 17.7. The first-order valence-electron chi connectivity index (χ1n) is 10.8. The van der Waals surface area contributed by atoms with E-state index in [2.05, 4.69) is 27.1 Å². The largest absolute Gasteiger partial charge is 0.493 e. The molecule has 33 heavy (non-hydrogen) atoms. The number of ether oxygens (including phenoxy) is 1. The normalized spacial score (nSPS) is 17.5. The van der Waals surface area contributed by atoms with E-state index in [1.165, 1.54) is 0 Å². The third-order valence-corrected chi connectivity index (χ3v) is 6.30. The van der Waals surface area contributed by atoms with Crippen molar-refractivity contribution in [3.8, 4) is 16.9 Å². The molecule has 1 aliphatic heterocycles. The summed E-state index contributed by atoms with van der Waals surface area (Å²) < 4.78 is 6.04. The summed E-state index contributed by atoms with van der Waals surface area (Å²) >= 11 is 0. The van der Waals surface area contributed by atoms with Crippen LogP contribution in [0.25, 0.3) is 22.0 Å². The Morgan fingerprint density at radius 1 is 0.970 bits per heavy atom. The molecule has 0 radical (unpaired) electrons. The fraction of sp³-hybridized carbons (Fsp3) is 0.111. The number of aromatic nitrogens is 3. The molecule has 0 aliphatic carbocycles. The number of imidazole rings is 1. The van der Waals surface area contributed by atoms with Crippen molar-refractivity contribution in [1.29, 1.82) is 0 Å². The van der Waals surface area contributed by atoms with E-state index in [0.29, 0.717) is 34.7 Å². The lowest BCUT2D eigenvalue weighted by Gasteiger charge is -2.29. The van der Waals surface area contributed by atoms with Crippen molar-refractivity contribution < 1.29 is 9.84 Å². The second kappa shape index (κ2) is 7.46. The van der Waals surface area contributed by atoms with Gasteiger partial charge in [-0.25, -0.2) is 4.98 Å². The van der Waals surface area contributed by atoms with Gasteiger partial charge in [0.2, 0.25) is 5.56 Å². The quantitative estimate of drug-likeness (QED) is 0.369. The van der Waals surface area contributed by atoms with Crippen LogP contribution in [-0.2, 0) is 12.0 Å². The number of H-pyrrole nitrogens is 2. The van der Waals surface area contributed by atoms with Crippen molar-refractivity contribution in [2.45, 2.75) is 12.0 Å². The molecule has 0 saturated heterocycles. The number of hydrogen-bond acceptors (Lipinski definition) is 4. The Morgan fingerprint density at radius 2 is 1.85 bits per heavy atom. The topological polar surface area (TPSA) is 91.0 Å². The van der Waals surface area contributed by atoms with Crippen LogP contribution in [0.4, 0.5) is 0 Å². The van der Waals surface area contributed by atoms with Gasteiger partial charge in [-0.15, -0.1) is 0 Å². The van der Waals surface area contributed by atoms with E-state index in [-0.39, 0.29) is 5.56 Å². The van der Waals surface area contributed by atoms with E-state index in [9.17, 15) is 9.90 Å². The molecule has 3 heterocycles. The molecule has 0 saturated carbocycles. The van der Waals surface area contributed by atoms with Crippen LogP contribution >= 0.6 is 0 Å². The minimum atomic E-state index is -1.50. The molecule has 1 unspecified atom stereocenters. The Hall–Kier alpha value is -4.16. The molecular weight excluding hydrogens is 414 g/mol. The van der Waals surface area contributed by atoms with Gasteiger partial charge in [0.1, 0.15) is 5.75 Å². The molecule has 162 valence electrons. The van der Waals surface area contributed by atoms with Crippen LogP contribution in [0, 0.1) is 0 Å². The maximum atomic E-state index is 12.4. The van der Waals surface area contributed by atoms with Crippen LogP contribution < -0.4 is 10.3 Å². The Balaban J connectivity index is 1.71. The molecule has 6 heteroatoms. The SMILES string of the molecule is O=c1cc2c3cc(ccc3[nH]1)C(O)(c1cnc[nH]1)c1cccc(c1)OCCc1cccc-2c1. The Bertz CT molecular complexity index is 1540. The van der Waals surface area contributed by atoms with Gasteiger partial charge in [-0.05, 0) is 52.1 Å². The van der Waals surface area contributed by atoms with Gasteiger partial charge in [0.05, 0.1) is 24.8 Å². The van der Waals surface area contributed by atoms with E-state index < -0.39 is 5.60 Å². The van der Waals surface area contributed by atoms with Crippen LogP contribution in [0.3, 0.4) is 0 Å². The molecule has 3 N–H and O–H groups in total. The number of hydrogen-bond donors (Lipinski definition) is 3. The predicted octanol–water partition coefficient (Wildman–Crippen LogP) is 4.14. The van der Waals surface area contributed by atoms with Crippen molar-refractivity contribution in [2.75, 3.05) is 6.61 Å². The lowest BCUT2D eigenvalue weighted by Crippen LogP contribution is -2.29. The molecule has 1 atom stereocenters. The summed E-state index contributed by atoms with van der Waals surface area (Å²) in [5.74, 6) is 0.685. The third kappa shape index (κ3) is 3.23. The first kappa shape index (κ1) is 19.5.